The van der Waals surface area contributed by atoms with Gasteiger partial charge in [0.2, 0.25) is 0 Å². The zero-order chi connectivity index (χ0) is 12.0. The van der Waals surface area contributed by atoms with Crippen LogP contribution in [0, 0.1) is 0 Å². The van der Waals surface area contributed by atoms with Gasteiger partial charge in [-0.1, -0.05) is 11.2 Å². The quantitative estimate of drug-likeness (QED) is 0.328. The first kappa shape index (κ1) is 12.1. The standard InChI is InChI=1S/C9H10N4O3/c10-13-11-4-8(15)9(16)7-3-1-2-6(5-14)12-7/h1-3,5,8-9,15-16H,4H2. The van der Waals surface area contributed by atoms with Crippen LogP contribution in [0.25, 0.3) is 10.4 Å². The van der Waals surface area contributed by atoms with Crippen LogP contribution in [0.5, 0.6) is 0 Å². The van der Waals surface area contributed by atoms with Crippen molar-refractivity contribution in [1.82, 2.24) is 4.98 Å². The van der Waals surface area contributed by atoms with E-state index in [4.69, 9.17) is 5.53 Å². The zero-order valence-corrected chi connectivity index (χ0v) is 8.26. The van der Waals surface area contributed by atoms with Crippen LogP contribution in [-0.4, -0.2) is 34.1 Å². The highest BCUT2D eigenvalue weighted by atomic mass is 16.3. The van der Waals surface area contributed by atoms with Gasteiger partial charge in [-0.05, 0) is 17.7 Å². The molecule has 84 valence electrons. The molecular formula is C9H10N4O3. The van der Waals surface area contributed by atoms with E-state index in [0.717, 1.165) is 0 Å². The average Bonchev–Trinajstić information content (AvgIpc) is 2.35. The maximum atomic E-state index is 10.4. The molecular weight excluding hydrogens is 212 g/mol. The van der Waals surface area contributed by atoms with Crippen molar-refractivity contribution in [3.8, 4) is 0 Å². The van der Waals surface area contributed by atoms with Crippen LogP contribution >= 0.6 is 0 Å². The van der Waals surface area contributed by atoms with Crippen molar-refractivity contribution in [2.24, 2.45) is 5.11 Å². The molecule has 7 heteroatoms. The number of nitrogens with zero attached hydrogens (tertiary/aromatic N) is 4. The van der Waals surface area contributed by atoms with Gasteiger partial charge < -0.3 is 10.2 Å². The molecule has 0 spiro atoms. The lowest BCUT2D eigenvalue weighted by molar-refractivity contribution is 0.0217. The molecule has 0 saturated heterocycles. The lowest BCUT2D eigenvalue weighted by atomic mass is 10.1. The fraction of sp³-hybridized carbons (Fsp3) is 0.333. The molecule has 0 amide bonds. The second kappa shape index (κ2) is 5.82. The molecule has 0 bridgehead atoms. The number of rotatable bonds is 5. The summed E-state index contributed by atoms with van der Waals surface area (Å²) in [5.74, 6) is 0. The summed E-state index contributed by atoms with van der Waals surface area (Å²) in [5.41, 5.74) is 8.37. The summed E-state index contributed by atoms with van der Waals surface area (Å²) < 4.78 is 0. The highest BCUT2D eigenvalue weighted by molar-refractivity contribution is 5.71. The second-order valence-electron chi connectivity index (χ2n) is 3.03. The smallest absolute Gasteiger partial charge is 0.168 e. The van der Waals surface area contributed by atoms with Crippen LogP contribution in [0.3, 0.4) is 0 Å². The summed E-state index contributed by atoms with van der Waals surface area (Å²) in [6.45, 7) is -0.259. The number of aldehydes is 1. The van der Waals surface area contributed by atoms with Gasteiger partial charge in [0.25, 0.3) is 0 Å². The summed E-state index contributed by atoms with van der Waals surface area (Å²) in [6, 6.07) is 4.48. The number of carbonyl (C=O) groups is 1. The topological polar surface area (TPSA) is 119 Å². The molecule has 0 fully saturated rings. The number of pyridine rings is 1. The van der Waals surface area contributed by atoms with Crippen molar-refractivity contribution in [2.75, 3.05) is 6.54 Å². The van der Waals surface area contributed by atoms with Crippen LogP contribution in [0.4, 0.5) is 0 Å². The Morgan fingerprint density at radius 2 is 2.31 bits per heavy atom. The van der Waals surface area contributed by atoms with E-state index in [0.29, 0.717) is 6.29 Å². The fourth-order valence-corrected chi connectivity index (χ4v) is 1.12. The summed E-state index contributed by atoms with van der Waals surface area (Å²) in [4.78, 5) is 16.7. The van der Waals surface area contributed by atoms with Crippen LogP contribution in [0.1, 0.15) is 22.3 Å². The van der Waals surface area contributed by atoms with Crippen molar-refractivity contribution >= 4 is 6.29 Å². The second-order valence-corrected chi connectivity index (χ2v) is 3.03. The molecule has 16 heavy (non-hydrogen) atoms. The summed E-state index contributed by atoms with van der Waals surface area (Å²) in [5, 5.41) is 22.2. The Hall–Kier alpha value is -1.95. The van der Waals surface area contributed by atoms with Crippen molar-refractivity contribution in [2.45, 2.75) is 12.2 Å². The molecule has 0 aliphatic rings. The van der Waals surface area contributed by atoms with Crippen molar-refractivity contribution in [1.29, 1.82) is 0 Å². The fourth-order valence-electron chi connectivity index (χ4n) is 1.12. The molecule has 0 aliphatic carbocycles. The molecule has 7 nitrogen and oxygen atoms in total. The van der Waals surface area contributed by atoms with E-state index in [2.05, 4.69) is 15.0 Å². The minimum Gasteiger partial charge on any atom is -0.390 e. The van der Waals surface area contributed by atoms with Crippen LogP contribution in [0.2, 0.25) is 0 Å². The molecule has 1 aromatic heterocycles. The third kappa shape index (κ3) is 3.03. The minimum atomic E-state index is -1.29. The van der Waals surface area contributed by atoms with Gasteiger partial charge in [-0.3, -0.25) is 4.79 Å². The Bertz CT molecular complexity index is 417. The predicted molar refractivity (Wildman–Crippen MR) is 54.6 cm³/mol. The van der Waals surface area contributed by atoms with Gasteiger partial charge in [0.15, 0.2) is 6.29 Å². The third-order valence-corrected chi connectivity index (χ3v) is 1.91. The average molecular weight is 222 g/mol. The van der Waals surface area contributed by atoms with Gasteiger partial charge in [-0.25, -0.2) is 4.98 Å². The maximum Gasteiger partial charge on any atom is 0.168 e. The highest BCUT2D eigenvalue weighted by Gasteiger charge is 2.18. The largest absolute Gasteiger partial charge is 0.390 e. The number of aromatic nitrogens is 1. The Balaban J connectivity index is 2.81. The Morgan fingerprint density at radius 3 is 2.94 bits per heavy atom. The molecule has 1 rings (SSSR count). The van der Waals surface area contributed by atoms with Gasteiger partial charge >= 0.3 is 0 Å². The highest BCUT2D eigenvalue weighted by Crippen LogP contribution is 2.14. The third-order valence-electron chi connectivity index (χ3n) is 1.91. The molecule has 1 aromatic rings. The van der Waals surface area contributed by atoms with E-state index in [1.807, 2.05) is 0 Å². The Kier molecular flexibility index (Phi) is 4.41. The van der Waals surface area contributed by atoms with Crippen molar-refractivity contribution in [3.05, 3.63) is 40.0 Å². The van der Waals surface area contributed by atoms with E-state index in [-0.39, 0.29) is 17.9 Å². The minimum absolute atomic E-state index is 0.158. The first-order valence-corrected chi connectivity index (χ1v) is 4.48. The molecule has 2 N–H and O–H groups in total. The molecule has 1 heterocycles. The number of azide groups is 1. The molecule has 2 unspecified atom stereocenters. The molecule has 0 saturated carbocycles. The number of aliphatic hydroxyl groups is 2. The summed E-state index contributed by atoms with van der Waals surface area (Å²) in [7, 11) is 0. The van der Waals surface area contributed by atoms with Crippen LogP contribution in [0.15, 0.2) is 23.3 Å². The van der Waals surface area contributed by atoms with E-state index in [1.165, 1.54) is 18.2 Å². The summed E-state index contributed by atoms with van der Waals surface area (Å²) >= 11 is 0. The van der Waals surface area contributed by atoms with E-state index in [9.17, 15) is 15.0 Å². The first-order valence-electron chi connectivity index (χ1n) is 4.48. The van der Waals surface area contributed by atoms with E-state index < -0.39 is 12.2 Å². The van der Waals surface area contributed by atoms with Crippen LogP contribution < -0.4 is 0 Å². The Morgan fingerprint density at radius 1 is 1.56 bits per heavy atom. The number of hydrogen-bond donors (Lipinski definition) is 2. The van der Waals surface area contributed by atoms with Crippen molar-refractivity contribution < 1.29 is 15.0 Å². The van der Waals surface area contributed by atoms with Gasteiger partial charge in [0, 0.05) is 4.91 Å². The zero-order valence-electron chi connectivity index (χ0n) is 8.26. The molecule has 2 atom stereocenters. The van der Waals surface area contributed by atoms with Gasteiger partial charge in [-0.2, -0.15) is 0 Å². The van der Waals surface area contributed by atoms with Crippen molar-refractivity contribution in [3.63, 3.8) is 0 Å². The molecule has 0 aromatic carbocycles. The van der Waals surface area contributed by atoms with E-state index >= 15 is 0 Å². The maximum absolute atomic E-state index is 10.4. The monoisotopic (exact) mass is 222 g/mol. The SMILES string of the molecule is [N-]=[N+]=NCC(O)C(O)c1cccc(C=O)n1. The molecule has 0 radical (unpaired) electrons. The predicted octanol–water partition coefficient (Wildman–Crippen LogP) is 0.599. The number of aliphatic hydroxyl groups excluding tert-OH is 2. The van der Waals surface area contributed by atoms with Gasteiger partial charge in [-0.15, -0.1) is 0 Å². The molecule has 0 aliphatic heterocycles. The normalized spacial score (nSPS) is 13.6. The van der Waals surface area contributed by atoms with E-state index in [1.54, 1.807) is 0 Å². The van der Waals surface area contributed by atoms with Gasteiger partial charge in [0.05, 0.1) is 18.3 Å². The summed E-state index contributed by atoms with van der Waals surface area (Å²) in [6.07, 6.45) is -1.99. The van der Waals surface area contributed by atoms with Gasteiger partial charge in [0.1, 0.15) is 11.8 Å². The number of carbonyl (C=O) groups excluding carboxylic acids is 1. The van der Waals surface area contributed by atoms with Crippen LogP contribution in [-0.2, 0) is 0 Å². The number of hydrogen-bond acceptors (Lipinski definition) is 5. The first-order chi connectivity index (χ1) is 7.69. The lowest BCUT2D eigenvalue weighted by Crippen LogP contribution is -2.22. The lowest BCUT2D eigenvalue weighted by Gasteiger charge is -2.15. The Labute approximate surface area is 91.0 Å².